The number of rotatable bonds is 6. The molecule has 1 aliphatic heterocycles. The van der Waals surface area contributed by atoms with E-state index in [9.17, 15) is 0 Å². The number of benzene rings is 1. The van der Waals surface area contributed by atoms with Crippen LogP contribution in [0.15, 0.2) is 36.7 Å². The molecule has 3 heterocycles. The zero-order valence-corrected chi connectivity index (χ0v) is 18.5. The Morgan fingerprint density at radius 2 is 1.97 bits per heavy atom. The fraction of sp³-hybridized carbons (Fsp3) is 0.435. The normalized spacial score (nSPS) is 16.8. The molecule has 1 saturated heterocycles. The lowest BCUT2D eigenvalue weighted by atomic mass is 9.96. The zero-order chi connectivity index (χ0) is 21.3. The van der Waals surface area contributed by atoms with Crippen molar-refractivity contribution in [1.29, 1.82) is 0 Å². The maximum atomic E-state index is 5.32. The first kappa shape index (κ1) is 20.3. The standard InChI is InChI=1S/C23H30N6O/c1-16-19(13-28(4)26-16)15-29-11-10-18(14-29)22-21(12-24-23(25-22)27(2)3)17-6-8-20(30-5)9-7-17/h6-9,12-13,18H,10-11,14-15H2,1-5H3. The topological polar surface area (TPSA) is 59.3 Å². The highest BCUT2D eigenvalue weighted by Crippen LogP contribution is 2.35. The van der Waals surface area contributed by atoms with E-state index in [1.807, 2.05) is 49.1 Å². The lowest BCUT2D eigenvalue weighted by Gasteiger charge is -2.19. The van der Waals surface area contributed by atoms with Crippen molar-refractivity contribution < 1.29 is 4.74 Å². The number of aryl methyl sites for hydroxylation is 2. The van der Waals surface area contributed by atoms with Crippen LogP contribution in [0.3, 0.4) is 0 Å². The second kappa shape index (κ2) is 8.44. The van der Waals surface area contributed by atoms with Crippen molar-refractivity contribution in [1.82, 2.24) is 24.6 Å². The number of anilines is 1. The molecule has 1 aromatic carbocycles. The minimum absolute atomic E-state index is 0.376. The van der Waals surface area contributed by atoms with Gasteiger partial charge in [0.25, 0.3) is 0 Å². The molecule has 0 amide bonds. The van der Waals surface area contributed by atoms with Gasteiger partial charge in [0.05, 0.1) is 18.5 Å². The molecule has 2 aromatic heterocycles. The van der Waals surface area contributed by atoms with Crippen LogP contribution in [0.2, 0.25) is 0 Å². The van der Waals surface area contributed by atoms with Gasteiger partial charge in [0.1, 0.15) is 5.75 Å². The van der Waals surface area contributed by atoms with Crippen LogP contribution in [0.25, 0.3) is 11.1 Å². The van der Waals surface area contributed by atoms with Crippen LogP contribution in [0.4, 0.5) is 5.95 Å². The largest absolute Gasteiger partial charge is 0.497 e. The number of aromatic nitrogens is 4. The summed E-state index contributed by atoms with van der Waals surface area (Å²) >= 11 is 0. The van der Waals surface area contributed by atoms with E-state index in [1.165, 1.54) is 5.56 Å². The molecule has 1 unspecified atom stereocenters. The Balaban J connectivity index is 1.61. The summed E-state index contributed by atoms with van der Waals surface area (Å²) in [4.78, 5) is 14.0. The maximum Gasteiger partial charge on any atom is 0.225 e. The van der Waals surface area contributed by atoms with Gasteiger partial charge >= 0.3 is 0 Å². The predicted molar refractivity (Wildman–Crippen MR) is 119 cm³/mol. The summed E-state index contributed by atoms with van der Waals surface area (Å²) < 4.78 is 7.21. The van der Waals surface area contributed by atoms with E-state index in [2.05, 4.69) is 40.2 Å². The predicted octanol–water partition coefficient (Wildman–Crippen LogP) is 3.25. The molecule has 158 valence electrons. The maximum absolute atomic E-state index is 5.32. The van der Waals surface area contributed by atoms with Gasteiger partial charge in [-0.2, -0.15) is 5.10 Å². The minimum atomic E-state index is 0.376. The molecule has 7 heteroatoms. The van der Waals surface area contributed by atoms with Crippen LogP contribution in [-0.2, 0) is 13.6 Å². The Kier molecular flexibility index (Phi) is 5.72. The van der Waals surface area contributed by atoms with Crippen LogP contribution in [0.5, 0.6) is 5.75 Å². The third kappa shape index (κ3) is 4.16. The Labute approximate surface area is 178 Å². The van der Waals surface area contributed by atoms with Gasteiger partial charge in [0.2, 0.25) is 5.95 Å². The smallest absolute Gasteiger partial charge is 0.225 e. The summed E-state index contributed by atoms with van der Waals surface area (Å²) in [7, 11) is 7.64. The summed E-state index contributed by atoms with van der Waals surface area (Å²) in [6, 6.07) is 8.15. The van der Waals surface area contributed by atoms with Crippen LogP contribution >= 0.6 is 0 Å². The quantitative estimate of drug-likeness (QED) is 0.626. The van der Waals surface area contributed by atoms with E-state index in [4.69, 9.17) is 9.72 Å². The second-order valence-corrected chi connectivity index (χ2v) is 8.23. The highest BCUT2D eigenvalue weighted by molar-refractivity contribution is 5.67. The van der Waals surface area contributed by atoms with Gasteiger partial charge in [-0.15, -0.1) is 0 Å². The summed E-state index contributed by atoms with van der Waals surface area (Å²) in [5, 5.41) is 4.48. The molecule has 1 fully saturated rings. The Hall–Kier alpha value is -2.93. The van der Waals surface area contributed by atoms with E-state index in [0.717, 1.165) is 60.3 Å². The number of likely N-dealkylation sites (tertiary alicyclic amines) is 1. The molecule has 0 aliphatic carbocycles. The number of nitrogens with zero attached hydrogens (tertiary/aromatic N) is 6. The van der Waals surface area contributed by atoms with Gasteiger partial charge in [-0.3, -0.25) is 9.58 Å². The average Bonchev–Trinajstić information content (AvgIpc) is 3.33. The van der Waals surface area contributed by atoms with Crippen molar-refractivity contribution in [3.05, 3.63) is 53.6 Å². The van der Waals surface area contributed by atoms with Crippen molar-refractivity contribution in [2.24, 2.45) is 7.05 Å². The molecule has 1 aliphatic rings. The third-order valence-electron chi connectivity index (χ3n) is 5.77. The second-order valence-electron chi connectivity index (χ2n) is 8.23. The monoisotopic (exact) mass is 406 g/mol. The fourth-order valence-electron chi connectivity index (χ4n) is 4.15. The molecule has 3 aromatic rings. The van der Waals surface area contributed by atoms with Gasteiger partial charge in [0, 0.05) is 63.7 Å². The van der Waals surface area contributed by atoms with Crippen molar-refractivity contribution in [3.63, 3.8) is 0 Å². The van der Waals surface area contributed by atoms with E-state index in [-0.39, 0.29) is 0 Å². The van der Waals surface area contributed by atoms with Gasteiger partial charge in [-0.1, -0.05) is 12.1 Å². The summed E-state index contributed by atoms with van der Waals surface area (Å²) in [5.41, 5.74) is 5.76. The summed E-state index contributed by atoms with van der Waals surface area (Å²) in [6.45, 7) is 5.06. The molecular weight excluding hydrogens is 376 g/mol. The van der Waals surface area contributed by atoms with Crippen molar-refractivity contribution in [3.8, 4) is 16.9 Å². The first-order valence-corrected chi connectivity index (χ1v) is 10.3. The number of hydrogen-bond acceptors (Lipinski definition) is 6. The summed E-state index contributed by atoms with van der Waals surface area (Å²) in [5.74, 6) is 1.98. The van der Waals surface area contributed by atoms with Crippen LogP contribution in [0.1, 0.15) is 29.3 Å². The van der Waals surface area contributed by atoms with E-state index < -0.39 is 0 Å². The molecular formula is C23H30N6O. The number of hydrogen-bond donors (Lipinski definition) is 0. The van der Waals surface area contributed by atoms with Crippen LogP contribution in [0, 0.1) is 6.92 Å². The van der Waals surface area contributed by atoms with Crippen LogP contribution < -0.4 is 9.64 Å². The lowest BCUT2D eigenvalue weighted by Crippen LogP contribution is -2.21. The summed E-state index contributed by atoms with van der Waals surface area (Å²) in [6.07, 6.45) is 5.18. The van der Waals surface area contributed by atoms with E-state index in [0.29, 0.717) is 5.92 Å². The first-order valence-electron chi connectivity index (χ1n) is 10.3. The van der Waals surface area contributed by atoms with E-state index in [1.54, 1.807) is 7.11 Å². The molecule has 30 heavy (non-hydrogen) atoms. The number of methoxy groups -OCH3 is 1. The minimum Gasteiger partial charge on any atom is -0.497 e. The average molecular weight is 407 g/mol. The van der Waals surface area contributed by atoms with E-state index >= 15 is 0 Å². The molecule has 0 radical (unpaired) electrons. The Bertz CT molecular complexity index is 1010. The van der Waals surface area contributed by atoms with Crippen molar-refractivity contribution in [2.45, 2.75) is 25.8 Å². The molecule has 0 spiro atoms. The molecule has 0 N–H and O–H groups in total. The fourth-order valence-corrected chi connectivity index (χ4v) is 4.15. The zero-order valence-electron chi connectivity index (χ0n) is 18.5. The third-order valence-corrected chi connectivity index (χ3v) is 5.77. The van der Waals surface area contributed by atoms with Gasteiger partial charge < -0.3 is 9.64 Å². The molecule has 1 atom stereocenters. The molecule has 0 bridgehead atoms. The molecule has 7 nitrogen and oxygen atoms in total. The highest BCUT2D eigenvalue weighted by atomic mass is 16.5. The number of ether oxygens (including phenoxy) is 1. The molecule has 4 rings (SSSR count). The van der Waals surface area contributed by atoms with Crippen LogP contribution in [-0.4, -0.2) is 58.9 Å². The molecule has 0 saturated carbocycles. The van der Waals surface area contributed by atoms with Gasteiger partial charge in [-0.05, 0) is 37.6 Å². The SMILES string of the molecule is COc1ccc(-c2cnc(N(C)C)nc2C2CCN(Cc3cn(C)nc3C)C2)cc1. The van der Waals surface area contributed by atoms with Gasteiger partial charge in [0.15, 0.2) is 0 Å². The Morgan fingerprint density at radius 1 is 1.20 bits per heavy atom. The van der Waals surface area contributed by atoms with Gasteiger partial charge in [-0.25, -0.2) is 9.97 Å². The van der Waals surface area contributed by atoms with Crippen molar-refractivity contribution in [2.75, 3.05) is 39.2 Å². The lowest BCUT2D eigenvalue weighted by molar-refractivity contribution is 0.325. The highest BCUT2D eigenvalue weighted by Gasteiger charge is 2.28. The first-order chi connectivity index (χ1) is 14.4. The van der Waals surface area contributed by atoms with Crippen molar-refractivity contribution >= 4 is 5.95 Å². The Morgan fingerprint density at radius 3 is 2.60 bits per heavy atom.